The molecule has 1 aliphatic rings. The summed E-state index contributed by atoms with van der Waals surface area (Å²) in [6, 6.07) is 72.5. The molecule has 0 bridgehead atoms. The SMILES string of the molecule is CC(C)(C)c1cc(Oc2ccnc(-n3c4[c-]c(Oc5[c-]c(N6[CH-]N(c7c(-c8ccccc8)cccc7-c7ccccc7)c7ccccc76)ccc5)ccc4c4ccccc43)c2)cc(C(C)(C)C)c1.[Pt]. The maximum Gasteiger partial charge on any atom is 0.139 e. The van der Waals surface area contributed by atoms with Crippen molar-refractivity contribution in [2.75, 3.05) is 9.80 Å². The van der Waals surface area contributed by atoms with E-state index in [0.717, 1.165) is 78.4 Å². The number of hydrogen-bond donors (Lipinski definition) is 0. The van der Waals surface area contributed by atoms with Gasteiger partial charge in [-0.2, -0.15) is 12.1 Å². The zero-order valence-electron chi connectivity index (χ0n) is 39.5. The van der Waals surface area contributed by atoms with Crippen molar-refractivity contribution in [3.63, 3.8) is 0 Å². The summed E-state index contributed by atoms with van der Waals surface area (Å²) >= 11 is 0. The summed E-state index contributed by atoms with van der Waals surface area (Å²) in [6.45, 7) is 15.6. The van der Waals surface area contributed by atoms with Crippen LogP contribution in [0, 0.1) is 18.8 Å². The van der Waals surface area contributed by atoms with Crippen LogP contribution < -0.4 is 19.3 Å². The summed E-state index contributed by atoms with van der Waals surface area (Å²) in [5, 5.41) is 2.14. The summed E-state index contributed by atoms with van der Waals surface area (Å²) in [4.78, 5) is 9.40. The number of hydrogen-bond acceptors (Lipinski definition) is 5. The molecule has 0 atom stereocenters. The Hall–Kier alpha value is -7.40. The minimum atomic E-state index is -0.0392. The van der Waals surface area contributed by atoms with Gasteiger partial charge in [0.05, 0.1) is 0 Å². The molecule has 0 saturated carbocycles. The molecular weight excluding hydrogens is 1030 g/mol. The summed E-state index contributed by atoms with van der Waals surface area (Å²) in [6.07, 6.45) is 1.81. The topological polar surface area (TPSA) is 42.8 Å². The van der Waals surface area contributed by atoms with Crippen LogP contribution >= 0.6 is 0 Å². The van der Waals surface area contributed by atoms with Gasteiger partial charge in [-0.3, -0.25) is 0 Å². The summed E-state index contributed by atoms with van der Waals surface area (Å²) in [5.74, 6) is 3.35. The third-order valence-electron chi connectivity index (χ3n) is 12.7. The molecule has 69 heavy (non-hydrogen) atoms. The van der Waals surface area contributed by atoms with Crippen molar-refractivity contribution in [1.29, 1.82) is 0 Å². The van der Waals surface area contributed by atoms with Crippen LogP contribution in [-0.4, -0.2) is 9.55 Å². The van der Waals surface area contributed by atoms with Crippen LogP contribution in [0.1, 0.15) is 52.7 Å². The fourth-order valence-electron chi connectivity index (χ4n) is 9.16. The molecule has 0 radical (unpaired) electrons. The number of benzene rings is 8. The molecule has 0 N–H and O–H groups in total. The first kappa shape index (κ1) is 45.4. The van der Waals surface area contributed by atoms with Crippen molar-refractivity contribution in [2.45, 2.75) is 52.4 Å². The van der Waals surface area contributed by atoms with Gasteiger partial charge in [-0.25, -0.2) is 4.98 Å². The fraction of sp³-hybridized carbons (Fsp3) is 0.129. The van der Waals surface area contributed by atoms with Crippen LogP contribution in [0.2, 0.25) is 0 Å². The molecule has 7 heteroatoms. The van der Waals surface area contributed by atoms with Gasteiger partial charge in [0.15, 0.2) is 0 Å². The minimum Gasteiger partial charge on any atom is -0.509 e. The van der Waals surface area contributed by atoms with Crippen molar-refractivity contribution in [2.24, 2.45) is 0 Å². The number of ether oxygens (including phenoxy) is 2. The van der Waals surface area contributed by atoms with E-state index < -0.39 is 0 Å². The quantitative estimate of drug-likeness (QED) is 0.135. The first-order valence-corrected chi connectivity index (χ1v) is 23.2. The average Bonchev–Trinajstić information content (AvgIpc) is 3.90. The van der Waals surface area contributed by atoms with Gasteiger partial charge in [0.25, 0.3) is 0 Å². The van der Waals surface area contributed by atoms with Crippen LogP contribution in [-0.2, 0) is 31.9 Å². The number of para-hydroxylation sites is 4. The number of fused-ring (bicyclic) bond motifs is 4. The van der Waals surface area contributed by atoms with Crippen molar-refractivity contribution in [3.8, 4) is 51.1 Å². The molecule has 0 fully saturated rings. The Morgan fingerprint density at radius 3 is 1.75 bits per heavy atom. The Morgan fingerprint density at radius 1 is 0.493 bits per heavy atom. The van der Waals surface area contributed by atoms with E-state index in [9.17, 15) is 0 Å². The number of aromatic nitrogens is 2. The van der Waals surface area contributed by atoms with Gasteiger partial charge in [0.1, 0.15) is 17.3 Å². The zero-order valence-corrected chi connectivity index (χ0v) is 41.7. The van der Waals surface area contributed by atoms with Gasteiger partial charge in [-0.15, -0.1) is 48.1 Å². The summed E-state index contributed by atoms with van der Waals surface area (Å²) < 4.78 is 15.5. The van der Waals surface area contributed by atoms with E-state index in [4.69, 9.17) is 14.5 Å². The number of rotatable bonds is 9. The maximum absolute atomic E-state index is 6.68. The molecule has 0 unspecified atom stereocenters. The number of pyridine rings is 1. The molecule has 6 nitrogen and oxygen atoms in total. The standard InChI is InChI=1S/C62H51N4O2.Pt/c1-61(2,3)44-35-45(62(4,5)6)37-50(36-44)68-49-33-34-63-59(40-49)66-55-28-14-13-25-53(55)54-32-31-48(39-58(54)66)67-47-24-17-23-46(38-47)64-41-65(57-30-16-15-29-56(57)64)60-51(42-19-9-7-10-20-42)26-18-27-52(60)43-21-11-8-12-22-43;/h7-37,40-41H,1-6H3;/q-3;. The molecular formula is C62H51N4O2Pt-3. The van der Waals surface area contributed by atoms with Crippen molar-refractivity contribution < 1.29 is 30.5 Å². The molecule has 0 saturated heterocycles. The Kier molecular flexibility index (Phi) is 12.0. The number of nitrogens with zero attached hydrogens (tertiary/aromatic N) is 4. The van der Waals surface area contributed by atoms with Crippen LogP contribution in [0.15, 0.2) is 194 Å². The van der Waals surface area contributed by atoms with E-state index in [1.807, 2.05) is 36.5 Å². The third-order valence-corrected chi connectivity index (χ3v) is 12.7. The second-order valence-electron chi connectivity index (χ2n) is 19.4. The predicted octanol–water partition coefficient (Wildman–Crippen LogP) is 16.7. The first-order chi connectivity index (χ1) is 33.0. The van der Waals surface area contributed by atoms with Crippen molar-refractivity contribution in [3.05, 3.63) is 224 Å². The number of anilines is 4. The molecule has 10 aromatic rings. The van der Waals surface area contributed by atoms with Gasteiger partial charge in [-0.05, 0) is 74.9 Å². The molecule has 0 spiro atoms. The second kappa shape index (κ2) is 18.3. The van der Waals surface area contributed by atoms with E-state index >= 15 is 0 Å². The van der Waals surface area contributed by atoms with Crippen molar-refractivity contribution in [1.82, 2.24) is 9.55 Å². The molecule has 344 valence electrons. The summed E-state index contributed by atoms with van der Waals surface area (Å²) in [7, 11) is 0. The summed E-state index contributed by atoms with van der Waals surface area (Å²) in [5.41, 5.74) is 12.8. The Labute approximate surface area is 419 Å². The fourth-order valence-corrected chi connectivity index (χ4v) is 9.16. The van der Waals surface area contributed by atoms with Crippen LogP contribution in [0.4, 0.5) is 22.7 Å². The second-order valence-corrected chi connectivity index (χ2v) is 19.4. The third kappa shape index (κ3) is 8.82. The molecule has 3 heterocycles. The normalized spacial score (nSPS) is 12.6. The molecule has 11 rings (SSSR count). The molecule has 8 aromatic carbocycles. The van der Waals surface area contributed by atoms with E-state index in [-0.39, 0.29) is 31.9 Å². The van der Waals surface area contributed by atoms with Gasteiger partial charge in [0.2, 0.25) is 0 Å². The van der Waals surface area contributed by atoms with E-state index in [1.165, 1.54) is 11.1 Å². The molecule has 0 aliphatic carbocycles. The van der Waals surface area contributed by atoms with Gasteiger partial charge in [0, 0.05) is 78.5 Å². The van der Waals surface area contributed by atoms with Gasteiger partial charge < -0.3 is 23.8 Å². The average molecular weight is 1080 g/mol. The van der Waals surface area contributed by atoms with Gasteiger partial charge in [-0.1, -0.05) is 162 Å². The molecule has 1 aliphatic heterocycles. The smallest absolute Gasteiger partial charge is 0.139 e. The first-order valence-electron chi connectivity index (χ1n) is 23.2. The van der Waals surface area contributed by atoms with E-state index in [0.29, 0.717) is 17.2 Å². The molecule has 2 aromatic heterocycles. The predicted molar refractivity (Wildman–Crippen MR) is 279 cm³/mol. The van der Waals surface area contributed by atoms with Crippen LogP contribution in [0.25, 0.3) is 49.9 Å². The monoisotopic (exact) mass is 1080 g/mol. The van der Waals surface area contributed by atoms with Crippen LogP contribution in [0.5, 0.6) is 23.0 Å². The van der Waals surface area contributed by atoms with Crippen LogP contribution in [0.3, 0.4) is 0 Å². The van der Waals surface area contributed by atoms with Crippen molar-refractivity contribution >= 4 is 44.6 Å². The van der Waals surface area contributed by atoms with E-state index in [1.54, 1.807) is 0 Å². The van der Waals surface area contributed by atoms with E-state index in [2.05, 4.69) is 232 Å². The largest absolute Gasteiger partial charge is 0.509 e. The Morgan fingerprint density at radius 2 is 1.09 bits per heavy atom. The van der Waals surface area contributed by atoms with Gasteiger partial charge >= 0.3 is 0 Å². The minimum absolute atomic E-state index is 0. The Balaban J connectivity index is 0.00000553. The maximum atomic E-state index is 6.68. The molecule has 0 amide bonds. The zero-order chi connectivity index (χ0) is 46.6. The Bertz CT molecular complexity index is 3390.